The molecule has 0 aliphatic carbocycles. The van der Waals surface area contributed by atoms with Gasteiger partial charge in [-0.15, -0.1) is 11.8 Å². The van der Waals surface area contributed by atoms with Gasteiger partial charge in [0.05, 0.1) is 0 Å². The van der Waals surface area contributed by atoms with Crippen LogP contribution in [0.3, 0.4) is 0 Å². The van der Waals surface area contributed by atoms with Crippen molar-refractivity contribution in [3.63, 3.8) is 0 Å². The van der Waals surface area contributed by atoms with Crippen LogP contribution in [-0.2, 0) is 16.5 Å². The quantitative estimate of drug-likeness (QED) is 0.443. The predicted molar refractivity (Wildman–Crippen MR) is 58.5 cm³/mol. The van der Waals surface area contributed by atoms with Gasteiger partial charge in [-0.05, 0) is 24.3 Å². The molecule has 0 aliphatic rings. The minimum absolute atomic E-state index is 0. The van der Waals surface area contributed by atoms with Crippen molar-refractivity contribution in [1.29, 1.82) is 0 Å². The summed E-state index contributed by atoms with van der Waals surface area (Å²) in [7, 11) is -4.11. The first-order valence-electron chi connectivity index (χ1n) is 4.14. The van der Waals surface area contributed by atoms with Crippen molar-refractivity contribution in [3.05, 3.63) is 23.8 Å². The van der Waals surface area contributed by atoms with Gasteiger partial charge in [-0.2, -0.15) is 8.42 Å². The van der Waals surface area contributed by atoms with Gasteiger partial charge in [0.2, 0.25) is 0 Å². The standard InChI is InChI=1S/C9H12O3S2.Na.H/c1-3-7-5-4-6-8(13-2)9(7)14(10,11)12;;/h4-6H,3H2,1-2H3,(H,10,11,12);;/q;+1;-1. The Balaban J connectivity index is 0. The van der Waals surface area contributed by atoms with Crippen LogP contribution in [0.15, 0.2) is 28.0 Å². The molecule has 0 aliphatic heterocycles. The van der Waals surface area contributed by atoms with E-state index in [4.69, 9.17) is 4.55 Å². The summed E-state index contributed by atoms with van der Waals surface area (Å²) >= 11 is 1.31. The first-order valence-corrected chi connectivity index (χ1v) is 6.80. The van der Waals surface area contributed by atoms with Crippen molar-refractivity contribution in [2.75, 3.05) is 6.26 Å². The Kier molecular flexibility index (Phi) is 6.47. The van der Waals surface area contributed by atoms with Crippen LogP contribution in [0.2, 0.25) is 0 Å². The summed E-state index contributed by atoms with van der Waals surface area (Å²) in [4.78, 5) is 0.641. The molecule has 0 saturated carbocycles. The van der Waals surface area contributed by atoms with Gasteiger partial charge >= 0.3 is 29.6 Å². The fraction of sp³-hybridized carbons (Fsp3) is 0.333. The van der Waals surface area contributed by atoms with Crippen molar-refractivity contribution >= 4 is 21.9 Å². The fourth-order valence-electron chi connectivity index (χ4n) is 1.29. The third-order valence-electron chi connectivity index (χ3n) is 1.92. The second-order valence-electron chi connectivity index (χ2n) is 2.78. The Morgan fingerprint density at radius 3 is 2.47 bits per heavy atom. The number of aryl methyl sites for hydroxylation is 1. The summed E-state index contributed by atoms with van der Waals surface area (Å²) in [5, 5.41) is 0. The van der Waals surface area contributed by atoms with Crippen LogP contribution in [0.1, 0.15) is 13.9 Å². The van der Waals surface area contributed by atoms with E-state index in [1.54, 1.807) is 24.5 Å². The van der Waals surface area contributed by atoms with Gasteiger partial charge in [-0.25, -0.2) is 0 Å². The SMILES string of the molecule is CCc1cccc(SC)c1S(=O)(=O)O.[H-].[Na+]. The molecule has 0 heterocycles. The maximum atomic E-state index is 11.1. The van der Waals surface area contributed by atoms with Gasteiger partial charge < -0.3 is 1.43 Å². The zero-order valence-corrected chi connectivity index (χ0v) is 12.7. The summed E-state index contributed by atoms with van der Waals surface area (Å²) < 4.78 is 31.3. The number of hydrogen-bond donors (Lipinski definition) is 1. The molecule has 0 unspecified atom stereocenters. The average molecular weight is 256 g/mol. The molecule has 1 aromatic rings. The third kappa shape index (κ3) is 3.76. The predicted octanol–water partition coefficient (Wildman–Crippen LogP) is -0.666. The molecular weight excluding hydrogens is 243 g/mol. The molecule has 0 spiro atoms. The van der Waals surface area contributed by atoms with Crippen molar-refractivity contribution in [2.24, 2.45) is 0 Å². The molecule has 0 radical (unpaired) electrons. The molecule has 0 saturated heterocycles. The molecule has 6 heteroatoms. The van der Waals surface area contributed by atoms with E-state index in [-0.39, 0.29) is 35.9 Å². The van der Waals surface area contributed by atoms with Crippen LogP contribution < -0.4 is 29.6 Å². The smallest absolute Gasteiger partial charge is 1.00 e. The molecule has 0 atom stereocenters. The van der Waals surface area contributed by atoms with E-state index in [2.05, 4.69) is 0 Å². The topological polar surface area (TPSA) is 54.4 Å². The molecule has 0 aromatic heterocycles. The molecule has 0 bridgehead atoms. The monoisotopic (exact) mass is 256 g/mol. The van der Waals surface area contributed by atoms with Crippen LogP contribution in [0, 0.1) is 0 Å². The van der Waals surface area contributed by atoms with Gasteiger partial charge in [0.25, 0.3) is 10.1 Å². The van der Waals surface area contributed by atoms with Crippen LogP contribution >= 0.6 is 11.8 Å². The van der Waals surface area contributed by atoms with Crippen LogP contribution in [0.5, 0.6) is 0 Å². The molecule has 0 fully saturated rings. The van der Waals surface area contributed by atoms with Crippen molar-refractivity contribution in [3.8, 4) is 0 Å². The molecule has 0 amide bonds. The Labute approximate surface area is 118 Å². The zero-order chi connectivity index (χ0) is 10.8. The summed E-state index contributed by atoms with van der Waals surface area (Å²) in [6.45, 7) is 1.86. The molecule has 1 rings (SSSR count). The van der Waals surface area contributed by atoms with E-state index < -0.39 is 10.1 Å². The summed E-state index contributed by atoms with van der Waals surface area (Å²) in [5.74, 6) is 0. The minimum atomic E-state index is -4.11. The van der Waals surface area contributed by atoms with E-state index in [1.807, 2.05) is 6.92 Å². The van der Waals surface area contributed by atoms with Crippen molar-refractivity contribution in [1.82, 2.24) is 0 Å². The van der Waals surface area contributed by atoms with Gasteiger partial charge in [-0.1, -0.05) is 19.1 Å². The number of rotatable bonds is 3. The second kappa shape index (κ2) is 6.27. The minimum Gasteiger partial charge on any atom is -1.00 e. The Bertz CT molecular complexity index is 412. The normalized spacial score (nSPS) is 10.9. The second-order valence-corrected chi connectivity index (χ2v) is 4.98. The third-order valence-corrected chi connectivity index (χ3v) is 3.83. The maximum Gasteiger partial charge on any atom is 1.00 e. The van der Waals surface area contributed by atoms with E-state index in [0.717, 1.165) is 0 Å². The van der Waals surface area contributed by atoms with E-state index >= 15 is 0 Å². The van der Waals surface area contributed by atoms with Gasteiger partial charge in [-0.3, -0.25) is 4.55 Å². The Morgan fingerprint density at radius 2 is 2.07 bits per heavy atom. The first kappa shape index (κ1) is 15.5. The zero-order valence-electron chi connectivity index (χ0n) is 10.0. The summed E-state index contributed by atoms with van der Waals surface area (Å²) in [5.41, 5.74) is 0.652. The maximum absolute atomic E-state index is 11.1. The number of hydrogen-bond acceptors (Lipinski definition) is 3. The van der Waals surface area contributed by atoms with E-state index in [9.17, 15) is 8.42 Å². The first-order chi connectivity index (χ1) is 6.50. The number of benzene rings is 1. The summed E-state index contributed by atoms with van der Waals surface area (Å²) in [6.07, 6.45) is 2.37. The van der Waals surface area contributed by atoms with Gasteiger partial charge in [0.1, 0.15) is 4.90 Å². The fourth-order valence-corrected chi connectivity index (χ4v) is 3.26. The van der Waals surface area contributed by atoms with E-state index in [1.165, 1.54) is 11.8 Å². The largest absolute Gasteiger partial charge is 1.00 e. The Hall–Kier alpha value is 0.480. The molecule has 15 heavy (non-hydrogen) atoms. The van der Waals surface area contributed by atoms with Crippen molar-refractivity contribution < 1.29 is 44.0 Å². The molecule has 80 valence electrons. The molecular formula is C9H13NaO3S2. The van der Waals surface area contributed by atoms with Crippen LogP contribution in [0.4, 0.5) is 0 Å². The van der Waals surface area contributed by atoms with Gasteiger partial charge in [0, 0.05) is 4.90 Å². The van der Waals surface area contributed by atoms with E-state index in [0.29, 0.717) is 16.9 Å². The molecule has 3 nitrogen and oxygen atoms in total. The Morgan fingerprint density at radius 1 is 1.47 bits per heavy atom. The molecule has 1 N–H and O–H groups in total. The van der Waals surface area contributed by atoms with Gasteiger partial charge in [0.15, 0.2) is 0 Å². The summed E-state index contributed by atoms with van der Waals surface area (Å²) in [6, 6.07) is 5.19. The van der Waals surface area contributed by atoms with Crippen LogP contribution in [-0.4, -0.2) is 19.2 Å². The average Bonchev–Trinajstić information content (AvgIpc) is 2.15. The molecule has 1 aromatic carbocycles. The van der Waals surface area contributed by atoms with Crippen LogP contribution in [0.25, 0.3) is 0 Å². The van der Waals surface area contributed by atoms with Crippen molar-refractivity contribution in [2.45, 2.75) is 23.1 Å². The number of thioether (sulfide) groups is 1.